The van der Waals surface area contributed by atoms with Gasteiger partial charge in [-0.1, -0.05) is 23.7 Å². The lowest BCUT2D eigenvalue weighted by Crippen LogP contribution is -2.42. The van der Waals surface area contributed by atoms with Gasteiger partial charge in [0.2, 0.25) is 11.9 Å². The van der Waals surface area contributed by atoms with E-state index in [0.29, 0.717) is 34.3 Å². The molecule has 1 spiro atoms. The minimum Gasteiger partial charge on any atom is -0.497 e. The van der Waals surface area contributed by atoms with Crippen LogP contribution in [0.2, 0.25) is 5.02 Å². The van der Waals surface area contributed by atoms with Crippen LogP contribution in [-0.2, 0) is 11.3 Å². The van der Waals surface area contributed by atoms with Gasteiger partial charge in [0.15, 0.2) is 17.2 Å². The number of imidazole rings is 1. The van der Waals surface area contributed by atoms with Crippen molar-refractivity contribution in [1.82, 2.24) is 24.5 Å². The van der Waals surface area contributed by atoms with Gasteiger partial charge in [-0.25, -0.2) is 4.98 Å². The molecule has 2 aromatic heterocycles. The number of likely N-dealkylation sites (tertiary alicyclic amines) is 1. The van der Waals surface area contributed by atoms with Crippen LogP contribution in [0.1, 0.15) is 55.8 Å². The van der Waals surface area contributed by atoms with E-state index in [2.05, 4.69) is 37.3 Å². The van der Waals surface area contributed by atoms with Crippen molar-refractivity contribution in [3.05, 3.63) is 64.4 Å². The van der Waals surface area contributed by atoms with Crippen LogP contribution in [0.3, 0.4) is 0 Å². The molecule has 0 radical (unpaired) electrons. The number of fused-ring (bicyclic) bond motifs is 1. The van der Waals surface area contributed by atoms with E-state index < -0.39 is 0 Å². The Bertz CT molecular complexity index is 1920. The normalized spacial score (nSPS) is 17.0. The number of nitriles is 2. The SMILES string of the molecule is COc1ccc(CN(c2nc(Nc3cc(C#N)cc(N4CCC5(CCN(C(C)=O)C5)CC4)c3Cl)nn3c(C#N)cnc23)C2CC2)cc1. The van der Waals surface area contributed by atoms with Gasteiger partial charge in [0.05, 0.1) is 41.3 Å². The number of nitrogens with one attached hydrogen (secondary N) is 1. The lowest BCUT2D eigenvalue weighted by molar-refractivity contribution is -0.128. The number of carbonyl (C=O) groups excluding carboxylic acids is 1. The molecule has 0 atom stereocenters. The Balaban J connectivity index is 1.20. The Hall–Kier alpha value is -5.07. The van der Waals surface area contributed by atoms with E-state index >= 15 is 0 Å². The predicted molar refractivity (Wildman–Crippen MR) is 178 cm³/mol. The first kappa shape index (κ1) is 30.6. The van der Waals surface area contributed by atoms with Crippen LogP contribution in [0.4, 0.5) is 23.1 Å². The van der Waals surface area contributed by atoms with Gasteiger partial charge in [-0.05, 0) is 67.3 Å². The Morgan fingerprint density at radius 2 is 1.87 bits per heavy atom. The molecular weight excluding hydrogens is 616 g/mol. The van der Waals surface area contributed by atoms with Crippen molar-refractivity contribution in [2.45, 2.75) is 51.6 Å². The van der Waals surface area contributed by atoms with Gasteiger partial charge < -0.3 is 24.8 Å². The number of aromatic nitrogens is 4. The topological polar surface area (TPSA) is 139 Å². The maximum absolute atomic E-state index is 12.0. The van der Waals surface area contributed by atoms with Crippen molar-refractivity contribution in [2.75, 3.05) is 48.4 Å². The van der Waals surface area contributed by atoms with Crippen LogP contribution in [0.5, 0.6) is 5.75 Å². The zero-order valence-electron chi connectivity index (χ0n) is 26.4. The van der Waals surface area contributed by atoms with Crippen molar-refractivity contribution >= 4 is 46.3 Å². The summed E-state index contributed by atoms with van der Waals surface area (Å²) in [7, 11) is 1.65. The maximum atomic E-state index is 12.0. The van der Waals surface area contributed by atoms with Crippen LogP contribution < -0.4 is 19.9 Å². The van der Waals surface area contributed by atoms with Crippen LogP contribution in [0.15, 0.2) is 42.6 Å². The largest absolute Gasteiger partial charge is 0.497 e. The third kappa shape index (κ3) is 5.97. The highest BCUT2D eigenvalue weighted by molar-refractivity contribution is 6.36. The summed E-state index contributed by atoms with van der Waals surface area (Å²) < 4.78 is 6.84. The fourth-order valence-electron chi connectivity index (χ4n) is 6.83. The molecule has 12 nitrogen and oxygen atoms in total. The van der Waals surface area contributed by atoms with E-state index in [1.54, 1.807) is 20.1 Å². The summed E-state index contributed by atoms with van der Waals surface area (Å²) in [6, 6.07) is 16.2. The monoisotopic (exact) mass is 650 g/mol. The summed E-state index contributed by atoms with van der Waals surface area (Å²) in [4.78, 5) is 27.8. The van der Waals surface area contributed by atoms with Crippen molar-refractivity contribution in [3.63, 3.8) is 0 Å². The zero-order valence-corrected chi connectivity index (χ0v) is 27.2. The number of methoxy groups -OCH3 is 1. The number of carbonyl (C=O) groups is 1. The number of hydrogen-bond acceptors (Lipinski definition) is 10. The number of amides is 1. The molecule has 1 saturated carbocycles. The quantitative estimate of drug-likeness (QED) is 0.268. The van der Waals surface area contributed by atoms with Gasteiger partial charge in [-0.3, -0.25) is 4.79 Å². The summed E-state index contributed by atoms with van der Waals surface area (Å²) in [5.41, 5.74) is 3.71. The van der Waals surface area contributed by atoms with E-state index in [1.807, 2.05) is 35.2 Å². The molecule has 0 bridgehead atoms. The van der Waals surface area contributed by atoms with Crippen LogP contribution in [0, 0.1) is 28.1 Å². The van der Waals surface area contributed by atoms with Gasteiger partial charge in [0.1, 0.15) is 11.8 Å². The number of hydrogen-bond donors (Lipinski definition) is 1. The second-order valence-electron chi connectivity index (χ2n) is 12.7. The van der Waals surface area contributed by atoms with Crippen molar-refractivity contribution in [1.29, 1.82) is 10.5 Å². The Morgan fingerprint density at radius 1 is 1.13 bits per heavy atom. The lowest BCUT2D eigenvalue weighted by Gasteiger charge is -2.40. The average molecular weight is 651 g/mol. The standard InChI is InChI=1S/C34H35ClN10O2/c1-22(46)43-14-11-34(21-43)9-12-42(13-10-34)29-16-24(17-36)15-28(30(29)35)39-33-40-32(31-38-19-26(18-37)45(31)41-33)44(25-5-6-25)20-23-3-7-27(47-2)8-4-23/h3-4,7-8,15-16,19,25H,5-6,9-14,20-21H2,1-2H3,(H,39,41). The number of piperidine rings is 1. The number of halogens is 1. The van der Waals surface area contributed by atoms with E-state index in [0.717, 1.165) is 75.3 Å². The first-order valence-corrected chi connectivity index (χ1v) is 16.2. The summed E-state index contributed by atoms with van der Waals surface area (Å²) in [6.45, 7) is 5.38. The predicted octanol–water partition coefficient (Wildman–Crippen LogP) is 5.28. The molecule has 2 aromatic carbocycles. The molecule has 13 heteroatoms. The first-order chi connectivity index (χ1) is 22.8. The Labute approximate surface area is 278 Å². The molecule has 1 amide bonds. The third-order valence-corrected chi connectivity index (χ3v) is 10.1. The summed E-state index contributed by atoms with van der Waals surface area (Å²) in [5.74, 6) is 1.75. The summed E-state index contributed by atoms with van der Waals surface area (Å²) >= 11 is 7.07. The van der Waals surface area contributed by atoms with E-state index in [9.17, 15) is 15.3 Å². The molecule has 47 heavy (non-hydrogen) atoms. The summed E-state index contributed by atoms with van der Waals surface area (Å²) in [5, 5.41) is 28.2. The van der Waals surface area contributed by atoms with E-state index in [-0.39, 0.29) is 29.0 Å². The number of ether oxygens (including phenoxy) is 1. The maximum Gasteiger partial charge on any atom is 0.247 e. The van der Waals surface area contributed by atoms with Crippen molar-refractivity contribution < 1.29 is 9.53 Å². The van der Waals surface area contributed by atoms with Crippen molar-refractivity contribution in [2.24, 2.45) is 5.41 Å². The third-order valence-electron chi connectivity index (χ3n) is 9.71. The molecular formula is C34H35ClN10O2. The van der Waals surface area contributed by atoms with E-state index in [4.69, 9.17) is 21.3 Å². The Kier molecular flexibility index (Phi) is 7.98. The lowest BCUT2D eigenvalue weighted by atomic mass is 9.77. The number of nitrogens with zero attached hydrogens (tertiary/aromatic N) is 9. The molecule has 7 rings (SSSR count). The highest BCUT2D eigenvalue weighted by Crippen LogP contribution is 2.44. The van der Waals surface area contributed by atoms with Gasteiger partial charge in [-0.15, -0.1) is 5.10 Å². The Morgan fingerprint density at radius 3 is 2.51 bits per heavy atom. The molecule has 240 valence electrons. The highest BCUT2D eigenvalue weighted by atomic mass is 35.5. The molecule has 3 aliphatic rings. The first-order valence-electron chi connectivity index (χ1n) is 15.9. The fourth-order valence-corrected chi connectivity index (χ4v) is 7.10. The molecule has 4 aromatic rings. The van der Waals surface area contributed by atoms with Crippen LogP contribution in [0.25, 0.3) is 5.65 Å². The second-order valence-corrected chi connectivity index (χ2v) is 13.1. The van der Waals surface area contributed by atoms with Gasteiger partial charge >= 0.3 is 0 Å². The number of anilines is 4. The fraction of sp³-hybridized carbons (Fsp3) is 0.412. The molecule has 1 aliphatic carbocycles. The molecule has 0 unspecified atom stereocenters. The van der Waals surface area contributed by atoms with Gasteiger partial charge in [0, 0.05) is 45.7 Å². The number of benzene rings is 2. The highest BCUT2D eigenvalue weighted by Gasteiger charge is 2.41. The van der Waals surface area contributed by atoms with E-state index in [1.165, 1.54) is 10.7 Å². The van der Waals surface area contributed by atoms with Gasteiger partial charge in [0.25, 0.3) is 0 Å². The molecule has 2 aliphatic heterocycles. The molecule has 4 heterocycles. The zero-order chi connectivity index (χ0) is 32.7. The second kappa shape index (κ2) is 12.3. The molecule has 3 fully saturated rings. The molecule has 1 N–H and O–H groups in total. The summed E-state index contributed by atoms with van der Waals surface area (Å²) in [6.07, 6.45) is 6.43. The van der Waals surface area contributed by atoms with Crippen LogP contribution >= 0.6 is 11.6 Å². The number of rotatable bonds is 8. The molecule has 2 saturated heterocycles. The van der Waals surface area contributed by atoms with Gasteiger partial charge in [-0.2, -0.15) is 20.0 Å². The van der Waals surface area contributed by atoms with Crippen molar-refractivity contribution in [3.8, 4) is 17.9 Å². The minimum absolute atomic E-state index is 0.130. The van der Waals surface area contributed by atoms with Crippen LogP contribution in [-0.4, -0.2) is 69.7 Å². The minimum atomic E-state index is 0.130. The smallest absolute Gasteiger partial charge is 0.247 e. The average Bonchev–Trinajstić information content (AvgIpc) is 3.72.